The van der Waals surface area contributed by atoms with Gasteiger partial charge in [0.2, 0.25) is 0 Å². The number of ether oxygens (including phenoxy) is 2. The molecule has 0 aliphatic heterocycles. The van der Waals surface area contributed by atoms with Crippen molar-refractivity contribution in [2.75, 3.05) is 7.11 Å². The summed E-state index contributed by atoms with van der Waals surface area (Å²) in [4.78, 5) is 0. The predicted octanol–water partition coefficient (Wildman–Crippen LogP) is 4.53. The Kier molecular flexibility index (Phi) is 6.28. The summed E-state index contributed by atoms with van der Waals surface area (Å²) < 4.78 is 12.1. The van der Waals surface area contributed by atoms with Crippen LogP contribution in [0.15, 0.2) is 46.9 Å². The van der Waals surface area contributed by atoms with Crippen LogP contribution in [0.1, 0.15) is 25.0 Å². The van der Waals surface area contributed by atoms with Crippen LogP contribution in [0.2, 0.25) is 0 Å². The Morgan fingerprint density at radius 2 is 1.77 bits per heavy atom. The van der Waals surface area contributed by atoms with Crippen LogP contribution >= 0.6 is 15.9 Å². The molecule has 0 bridgehead atoms. The summed E-state index contributed by atoms with van der Waals surface area (Å²) in [5, 5.41) is 3.45. The second-order valence-corrected chi connectivity index (χ2v) is 6.29. The third-order valence-electron chi connectivity index (χ3n) is 3.19. The van der Waals surface area contributed by atoms with Crippen molar-refractivity contribution in [3.05, 3.63) is 58.1 Å². The van der Waals surface area contributed by atoms with Gasteiger partial charge in [-0.05, 0) is 49.7 Å². The molecule has 0 atom stereocenters. The maximum Gasteiger partial charge on any atom is 0.124 e. The Labute approximate surface area is 140 Å². The van der Waals surface area contributed by atoms with Crippen LogP contribution < -0.4 is 14.8 Å². The standard InChI is InChI=1S/C18H22BrNO2/c1-13(2)22-18-9-6-16(19)10-15(18)12-20-11-14-4-7-17(21-3)8-5-14/h4-10,13,20H,11-12H2,1-3H3. The van der Waals surface area contributed by atoms with Crippen LogP contribution in [0, 0.1) is 0 Å². The van der Waals surface area contributed by atoms with Gasteiger partial charge < -0.3 is 14.8 Å². The molecule has 0 unspecified atom stereocenters. The molecule has 0 aliphatic rings. The van der Waals surface area contributed by atoms with Gasteiger partial charge in [-0.25, -0.2) is 0 Å². The molecule has 0 radical (unpaired) electrons. The number of halogens is 1. The highest BCUT2D eigenvalue weighted by Gasteiger charge is 2.06. The van der Waals surface area contributed by atoms with Gasteiger partial charge in [-0.15, -0.1) is 0 Å². The van der Waals surface area contributed by atoms with Crippen LogP contribution in [0.25, 0.3) is 0 Å². The van der Waals surface area contributed by atoms with Crippen molar-refractivity contribution < 1.29 is 9.47 Å². The monoisotopic (exact) mass is 363 g/mol. The van der Waals surface area contributed by atoms with E-state index in [9.17, 15) is 0 Å². The van der Waals surface area contributed by atoms with Crippen LogP contribution in [0.3, 0.4) is 0 Å². The molecule has 0 saturated carbocycles. The Balaban J connectivity index is 1.96. The van der Waals surface area contributed by atoms with E-state index in [0.717, 1.165) is 34.6 Å². The van der Waals surface area contributed by atoms with Crippen LogP contribution in [-0.4, -0.2) is 13.2 Å². The third kappa shape index (κ3) is 5.04. The lowest BCUT2D eigenvalue weighted by molar-refractivity contribution is 0.239. The molecule has 118 valence electrons. The molecule has 22 heavy (non-hydrogen) atoms. The van der Waals surface area contributed by atoms with Crippen molar-refractivity contribution >= 4 is 15.9 Å². The zero-order valence-electron chi connectivity index (χ0n) is 13.2. The number of rotatable bonds is 7. The zero-order valence-corrected chi connectivity index (χ0v) is 14.8. The van der Waals surface area contributed by atoms with Crippen molar-refractivity contribution in [3.8, 4) is 11.5 Å². The minimum atomic E-state index is 0.168. The number of methoxy groups -OCH3 is 1. The van der Waals surface area contributed by atoms with Crippen LogP contribution in [-0.2, 0) is 13.1 Å². The number of benzene rings is 2. The highest BCUT2D eigenvalue weighted by atomic mass is 79.9. The molecular weight excluding hydrogens is 342 g/mol. The van der Waals surface area contributed by atoms with Gasteiger partial charge >= 0.3 is 0 Å². The maximum absolute atomic E-state index is 5.86. The average molecular weight is 364 g/mol. The average Bonchev–Trinajstić information content (AvgIpc) is 2.50. The summed E-state index contributed by atoms with van der Waals surface area (Å²) in [6, 6.07) is 14.2. The summed E-state index contributed by atoms with van der Waals surface area (Å²) >= 11 is 3.52. The molecule has 4 heteroatoms. The summed E-state index contributed by atoms with van der Waals surface area (Å²) in [5.41, 5.74) is 2.37. The van der Waals surface area contributed by atoms with Crippen LogP contribution in [0.4, 0.5) is 0 Å². The predicted molar refractivity (Wildman–Crippen MR) is 93.4 cm³/mol. The fourth-order valence-electron chi connectivity index (χ4n) is 2.14. The Bertz CT molecular complexity index is 597. The van der Waals surface area contributed by atoms with Crippen molar-refractivity contribution in [2.45, 2.75) is 33.0 Å². The molecule has 1 N–H and O–H groups in total. The van der Waals surface area contributed by atoms with E-state index in [4.69, 9.17) is 9.47 Å². The second kappa shape index (κ2) is 8.20. The minimum Gasteiger partial charge on any atom is -0.497 e. The molecule has 2 rings (SSSR count). The molecule has 0 heterocycles. The van der Waals surface area contributed by atoms with E-state index in [2.05, 4.69) is 39.4 Å². The quantitative estimate of drug-likeness (QED) is 0.783. The Morgan fingerprint density at radius 1 is 1.05 bits per heavy atom. The van der Waals surface area contributed by atoms with Gasteiger partial charge in [0.25, 0.3) is 0 Å². The minimum absolute atomic E-state index is 0.168. The van der Waals surface area contributed by atoms with Gasteiger partial charge in [-0.3, -0.25) is 0 Å². The summed E-state index contributed by atoms with van der Waals surface area (Å²) in [6.07, 6.45) is 0.168. The normalized spacial score (nSPS) is 10.8. The van der Waals surface area contributed by atoms with E-state index in [0.29, 0.717) is 0 Å². The fraction of sp³-hybridized carbons (Fsp3) is 0.333. The highest BCUT2D eigenvalue weighted by molar-refractivity contribution is 9.10. The number of nitrogens with one attached hydrogen (secondary N) is 1. The van der Waals surface area contributed by atoms with Crippen molar-refractivity contribution in [3.63, 3.8) is 0 Å². The van der Waals surface area contributed by atoms with Gasteiger partial charge in [-0.2, -0.15) is 0 Å². The molecule has 3 nitrogen and oxygen atoms in total. The molecule has 2 aromatic carbocycles. The maximum atomic E-state index is 5.86. The first kappa shape index (κ1) is 16.8. The molecule has 0 fully saturated rings. The lowest BCUT2D eigenvalue weighted by atomic mass is 10.1. The van der Waals surface area contributed by atoms with Crippen molar-refractivity contribution in [1.82, 2.24) is 5.32 Å². The fourth-order valence-corrected chi connectivity index (χ4v) is 2.55. The summed E-state index contributed by atoms with van der Waals surface area (Å²) in [7, 11) is 1.68. The first-order valence-electron chi connectivity index (χ1n) is 7.37. The first-order valence-corrected chi connectivity index (χ1v) is 8.16. The second-order valence-electron chi connectivity index (χ2n) is 5.37. The molecular formula is C18H22BrNO2. The largest absolute Gasteiger partial charge is 0.497 e. The summed E-state index contributed by atoms with van der Waals surface area (Å²) in [6.45, 7) is 5.64. The van der Waals surface area contributed by atoms with Crippen LogP contribution in [0.5, 0.6) is 11.5 Å². The molecule has 0 aliphatic carbocycles. The molecule has 0 spiro atoms. The number of hydrogen-bond donors (Lipinski definition) is 1. The molecule has 2 aromatic rings. The summed E-state index contributed by atoms with van der Waals surface area (Å²) in [5.74, 6) is 1.81. The SMILES string of the molecule is COc1ccc(CNCc2cc(Br)ccc2OC(C)C)cc1. The Morgan fingerprint density at radius 3 is 2.41 bits per heavy atom. The zero-order chi connectivity index (χ0) is 15.9. The molecule has 0 amide bonds. The third-order valence-corrected chi connectivity index (χ3v) is 3.68. The van der Waals surface area contributed by atoms with E-state index >= 15 is 0 Å². The van der Waals surface area contributed by atoms with Gasteiger partial charge in [-0.1, -0.05) is 28.1 Å². The van der Waals surface area contributed by atoms with E-state index < -0.39 is 0 Å². The lowest BCUT2D eigenvalue weighted by Gasteiger charge is -2.15. The lowest BCUT2D eigenvalue weighted by Crippen LogP contribution is -2.15. The number of hydrogen-bond acceptors (Lipinski definition) is 3. The topological polar surface area (TPSA) is 30.5 Å². The van der Waals surface area contributed by atoms with Gasteiger partial charge in [0.05, 0.1) is 13.2 Å². The van der Waals surface area contributed by atoms with E-state index in [1.807, 2.05) is 38.1 Å². The molecule has 0 saturated heterocycles. The highest BCUT2D eigenvalue weighted by Crippen LogP contribution is 2.24. The van der Waals surface area contributed by atoms with E-state index in [1.165, 1.54) is 5.56 Å². The smallest absolute Gasteiger partial charge is 0.124 e. The van der Waals surface area contributed by atoms with Gasteiger partial charge in [0.15, 0.2) is 0 Å². The first-order chi connectivity index (χ1) is 10.6. The van der Waals surface area contributed by atoms with Crippen molar-refractivity contribution in [2.24, 2.45) is 0 Å². The van der Waals surface area contributed by atoms with E-state index in [1.54, 1.807) is 7.11 Å². The van der Waals surface area contributed by atoms with E-state index in [-0.39, 0.29) is 6.10 Å². The molecule has 0 aromatic heterocycles. The van der Waals surface area contributed by atoms with Gasteiger partial charge in [0, 0.05) is 23.1 Å². The van der Waals surface area contributed by atoms with Gasteiger partial charge in [0.1, 0.15) is 11.5 Å². The Hall–Kier alpha value is -1.52. The van der Waals surface area contributed by atoms with Crippen molar-refractivity contribution in [1.29, 1.82) is 0 Å².